The second-order valence-corrected chi connectivity index (χ2v) is 4.64. The molecule has 0 unspecified atom stereocenters. The van der Waals surface area contributed by atoms with Gasteiger partial charge in [-0.15, -0.1) is 0 Å². The molecule has 1 aliphatic heterocycles. The zero-order valence-electron chi connectivity index (χ0n) is 10.6. The molecule has 0 bridgehead atoms. The number of carboxylic acids is 1. The quantitative estimate of drug-likeness (QED) is 0.882. The van der Waals surface area contributed by atoms with Crippen LogP contribution in [0.3, 0.4) is 0 Å². The number of hydrogen-bond acceptors (Lipinski definition) is 4. The van der Waals surface area contributed by atoms with Crippen molar-refractivity contribution in [3.8, 4) is 11.5 Å². The Morgan fingerprint density at radius 1 is 1.58 bits per heavy atom. The van der Waals surface area contributed by atoms with Crippen LogP contribution in [0.2, 0.25) is 0 Å². The zero-order valence-corrected chi connectivity index (χ0v) is 10.6. The molecular formula is C13H15N3O3. The Balaban J connectivity index is 2.12. The zero-order chi connectivity index (χ0) is 13.4. The predicted molar refractivity (Wildman–Crippen MR) is 69.1 cm³/mol. The average molecular weight is 261 g/mol. The number of aryl methyl sites for hydroxylation is 1. The van der Waals surface area contributed by atoms with Gasteiger partial charge in [0.2, 0.25) is 5.95 Å². The fourth-order valence-corrected chi connectivity index (χ4v) is 2.38. The Labute approximate surface area is 110 Å². The molecule has 3 rings (SSSR count). The van der Waals surface area contributed by atoms with Gasteiger partial charge >= 0.3 is 5.97 Å². The Morgan fingerprint density at radius 2 is 2.42 bits per heavy atom. The van der Waals surface area contributed by atoms with E-state index in [4.69, 9.17) is 9.52 Å². The normalized spacial score (nSPS) is 13.9. The van der Waals surface area contributed by atoms with E-state index in [1.165, 1.54) is 0 Å². The summed E-state index contributed by atoms with van der Waals surface area (Å²) in [7, 11) is 0. The van der Waals surface area contributed by atoms with Gasteiger partial charge in [-0.25, -0.2) is 4.98 Å². The highest BCUT2D eigenvalue weighted by Crippen LogP contribution is 2.30. The smallest absolute Gasteiger partial charge is 0.309 e. The summed E-state index contributed by atoms with van der Waals surface area (Å²) in [6, 6.07) is 3.68. The van der Waals surface area contributed by atoms with Crippen molar-refractivity contribution in [1.29, 1.82) is 0 Å². The van der Waals surface area contributed by atoms with Crippen LogP contribution in [0.1, 0.15) is 17.9 Å². The minimum Gasteiger partial charge on any atom is -0.481 e. The Kier molecular flexibility index (Phi) is 2.77. The summed E-state index contributed by atoms with van der Waals surface area (Å²) >= 11 is 0. The van der Waals surface area contributed by atoms with Crippen LogP contribution in [-0.2, 0) is 17.8 Å². The number of carbonyl (C=O) groups is 1. The van der Waals surface area contributed by atoms with Crippen molar-refractivity contribution < 1.29 is 14.3 Å². The number of anilines is 1. The summed E-state index contributed by atoms with van der Waals surface area (Å²) in [5.41, 5.74) is 1.32. The molecule has 0 spiro atoms. The summed E-state index contributed by atoms with van der Waals surface area (Å²) < 4.78 is 7.51. The van der Waals surface area contributed by atoms with Crippen molar-refractivity contribution in [3.05, 3.63) is 23.6 Å². The second kappa shape index (κ2) is 4.46. The third-order valence-electron chi connectivity index (χ3n) is 3.21. The topological polar surface area (TPSA) is 80.3 Å². The summed E-state index contributed by atoms with van der Waals surface area (Å²) in [6.07, 6.45) is 0.913. The van der Waals surface area contributed by atoms with Crippen molar-refractivity contribution >= 4 is 11.9 Å². The fourth-order valence-electron chi connectivity index (χ4n) is 2.38. The molecular weight excluding hydrogens is 246 g/mol. The van der Waals surface area contributed by atoms with Crippen molar-refractivity contribution in [2.75, 3.05) is 11.9 Å². The molecule has 0 aliphatic carbocycles. The number of nitrogens with zero attached hydrogens (tertiary/aromatic N) is 2. The molecule has 0 amide bonds. The van der Waals surface area contributed by atoms with E-state index < -0.39 is 5.97 Å². The van der Waals surface area contributed by atoms with E-state index in [0.717, 1.165) is 31.2 Å². The van der Waals surface area contributed by atoms with E-state index in [9.17, 15) is 4.79 Å². The number of aliphatic carboxylic acids is 1. The van der Waals surface area contributed by atoms with Crippen molar-refractivity contribution in [1.82, 2.24) is 9.55 Å². The van der Waals surface area contributed by atoms with Crippen molar-refractivity contribution in [2.24, 2.45) is 0 Å². The number of furan rings is 1. The number of fused-ring (bicyclic) bond motifs is 1. The minimum atomic E-state index is -0.863. The van der Waals surface area contributed by atoms with Crippen molar-refractivity contribution in [3.63, 3.8) is 0 Å². The molecule has 2 N–H and O–H groups in total. The molecule has 2 aromatic rings. The monoisotopic (exact) mass is 261 g/mol. The Hall–Kier alpha value is -2.24. The van der Waals surface area contributed by atoms with E-state index in [1.54, 1.807) is 0 Å². The first-order chi connectivity index (χ1) is 9.15. The number of nitrogens with one attached hydrogen (secondary N) is 1. The van der Waals surface area contributed by atoms with E-state index >= 15 is 0 Å². The van der Waals surface area contributed by atoms with Gasteiger partial charge in [0.05, 0.1) is 12.1 Å². The third-order valence-corrected chi connectivity index (χ3v) is 3.21. The highest BCUT2D eigenvalue weighted by atomic mass is 16.4. The van der Waals surface area contributed by atoms with E-state index in [0.29, 0.717) is 17.1 Å². The van der Waals surface area contributed by atoms with Gasteiger partial charge in [-0.2, -0.15) is 0 Å². The van der Waals surface area contributed by atoms with Gasteiger partial charge in [0.15, 0.2) is 5.76 Å². The Morgan fingerprint density at radius 3 is 3.11 bits per heavy atom. The molecule has 0 atom stereocenters. The lowest BCUT2D eigenvalue weighted by atomic mass is 10.2. The predicted octanol–water partition coefficient (Wildman–Crippen LogP) is 1.89. The largest absolute Gasteiger partial charge is 0.481 e. The van der Waals surface area contributed by atoms with E-state index in [-0.39, 0.29) is 6.42 Å². The second-order valence-electron chi connectivity index (χ2n) is 4.64. The van der Waals surface area contributed by atoms with Crippen LogP contribution in [-0.4, -0.2) is 27.2 Å². The number of carboxylic acid groups (broad SMARTS) is 1. The first kappa shape index (κ1) is 11.8. The van der Waals surface area contributed by atoms with Gasteiger partial charge in [-0.1, -0.05) is 0 Å². The SMILES string of the molecule is Cc1ccc(-c2nc3n(c2CC(=O)O)CCCN3)o1. The molecule has 2 aromatic heterocycles. The third kappa shape index (κ3) is 2.09. The first-order valence-electron chi connectivity index (χ1n) is 6.27. The summed E-state index contributed by atoms with van der Waals surface area (Å²) in [4.78, 5) is 15.5. The van der Waals surface area contributed by atoms with Crippen LogP contribution in [0.25, 0.3) is 11.5 Å². The molecule has 0 radical (unpaired) electrons. The molecule has 0 saturated heterocycles. The standard InChI is InChI=1S/C13H15N3O3/c1-8-3-4-10(19-8)12-9(7-11(17)18)16-6-2-5-14-13(16)15-12/h3-4H,2,5-7H2,1H3,(H,14,15)(H,17,18). The van der Waals surface area contributed by atoms with Crippen LogP contribution in [0, 0.1) is 6.92 Å². The molecule has 0 saturated carbocycles. The maximum Gasteiger partial charge on any atom is 0.309 e. The van der Waals surface area contributed by atoms with Crippen LogP contribution < -0.4 is 5.32 Å². The van der Waals surface area contributed by atoms with E-state index in [1.807, 2.05) is 23.6 Å². The summed E-state index contributed by atoms with van der Waals surface area (Å²) in [6.45, 7) is 3.51. The van der Waals surface area contributed by atoms with Gasteiger partial charge in [-0.3, -0.25) is 4.79 Å². The van der Waals surface area contributed by atoms with Crippen molar-refractivity contribution in [2.45, 2.75) is 26.3 Å². The Bertz CT molecular complexity index is 627. The minimum absolute atomic E-state index is 0.0518. The molecule has 6 heteroatoms. The number of aromatic nitrogens is 2. The highest BCUT2D eigenvalue weighted by Gasteiger charge is 2.23. The summed E-state index contributed by atoms with van der Waals surface area (Å²) in [5.74, 6) is 1.28. The maximum absolute atomic E-state index is 11.0. The van der Waals surface area contributed by atoms with Crippen LogP contribution in [0.4, 0.5) is 5.95 Å². The fraction of sp³-hybridized carbons (Fsp3) is 0.385. The number of hydrogen-bond donors (Lipinski definition) is 2. The lowest BCUT2D eigenvalue weighted by molar-refractivity contribution is -0.136. The van der Waals surface area contributed by atoms with Crippen LogP contribution >= 0.6 is 0 Å². The van der Waals surface area contributed by atoms with E-state index in [2.05, 4.69) is 10.3 Å². The number of rotatable bonds is 3. The van der Waals surface area contributed by atoms with Gasteiger partial charge in [-0.05, 0) is 25.5 Å². The number of imidazole rings is 1. The molecule has 0 aromatic carbocycles. The molecule has 6 nitrogen and oxygen atoms in total. The molecule has 0 fully saturated rings. The van der Waals surface area contributed by atoms with Gasteiger partial charge in [0.1, 0.15) is 11.5 Å². The van der Waals surface area contributed by atoms with Gasteiger partial charge < -0.3 is 19.4 Å². The highest BCUT2D eigenvalue weighted by molar-refractivity contribution is 5.74. The molecule has 1 aliphatic rings. The summed E-state index contributed by atoms with van der Waals surface area (Å²) in [5, 5.41) is 12.3. The van der Waals surface area contributed by atoms with Gasteiger partial charge in [0, 0.05) is 13.1 Å². The lowest BCUT2D eigenvalue weighted by Gasteiger charge is -2.17. The van der Waals surface area contributed by atoms with Crippen LogP contribution in [0.5, 0.6) is 0 Å². The average Bonchev–Trinajstić information content (AvgIpc) is 2.94. The molecule has 19 heavy (non-hydrogen) atoms. The maximum atomic E-state index is 11.0. The molecule has 3 heterocycles. The van der Waals surface area contributed by atoms with Gasteiger partial charge in [0.25, 0.3) is 0 Å². The lowest BCUT2D eigenvalue weighted by Crippen LogP contribution is -2.19. The van der Waals surface area contributed by atoms with Crippen LogP contribution in [0.15, 0.2) is 16.5 Å². The first-order valence-corrected chi connectivity index (χ1v) is 6.27. The molecule has 100 valence electrons.